The van der Waals surface area contributed by atoms with Crippen LogP contribution in [0.2, 0.25) is 0 Å². The van der Waals surface area contributed by atoms with Crippen molar-refractivity contribution in [2.45, 2.75) is 0 Å². The lowest BCUT2D eigenvalue weighted by Crippen LogP contribution is -2.03. The van der Waals surface area contributed by atoms with Crippen LogP contribution in [0.5, 0.6) is 0 Å². The molecule has 0 aliphatic heterocycles. The van der Waals surface area contributed by atoms with Crippen LogP contribution in [0, 0.1) is 0 Å². The average molecular weight is 197 g/mol. The summed E-state index contributed by atoms with van der Waals surface area (Å²) in [5, 5.41) is 0. The summed E-state index contributed by atoms with van der Waals surface area (Å²) in [6, 6.07) is 0. The lowest BCUT2D eigenvalue weighted by Gasteiger charge is -2.09. The van der Waals surface area contributed by atoms with Crippen molar-refractivity contribution < 1.29 is 9.46 Å². The molecular formula is H3Cl2N2O2PS. The molecule has 0 aromatic rings. The third-order valence-corrected chi connectivity index (χ3v) is 3.00. The molecule has 0 aromatic heterocycles. The van der Waals surface area contributed by atoms with Gasteiger partial charge in [0, 0.05) is 0 Å². The maximum atomic E-state index is 10.3. The number of hydrogen-bond donors (Lipinski definition) is 3. The molecule has 0 radical (unpaired) electrons. The number of thiol groups is 1. The number of halogens is 2. The number of hydrogen-bond acceptors (Lipinski definition) is 2. The second-order valence-electron chi connectivity index (χ2n) is 0.869. The summed E-state index contributed by atoms with van der Waals surface area (Å²) in [7, 11) is -3.77. The van der Waals surface area contributed by atoms with E-state index in [0.717, 1.165) is 0 Å². The first-order valence-electron chi connectivity index (χ1n) is 1.36. The minimum absolute atomic E-state index is 0.278. The highest BCUT2D eigenvalue weighted by molar-refractivity contribution is 7.87. The van der Waals surface area contributed by atoms with Gasteiger partial charge in [-0.2, -0.15) is 0 Å². The minimum atomic E-state index is -3.77. The van der Waals surface area contributed by atoms with Gasteiger partial charge in [-0.1, -0.05) is 16.4 Å². The molecule has 0 amide bonds. The van der Waals surface area contributed by atoms with Crippen LogP contribution in [-0.2, 0) is 4.57 Å². The summed E-state index contributed by atoms with van der Waals surface area (Å²) in [5.74, 6) is 0. The monoisotopic (exact) mass is 196 g/mol. The lowest BCUT2D eigenvalue weighted by atomic mass is 13.8. The van der Waals surface area contributed by atoms with Crippen LogP contribution in [0.1, 0.15) is 0 Å². The van der Waals surface area contributed by atoms with E-state index >= 15 is 0 Å². The van der Waals surface area contributed by atoms with E-state index in [2.05, 4.69) is 12.8 Å². The molecule has 50 valence electrons. The summed E-state index contributed by atoms with van der Waals surface area (Å²) in [6.07, 6.45) is 0. The van der Waals surface area contributed by atoms with Crippen molar-refractivity contribution in [3.63, 3.8) is 0 Å². The van der Waals surface area contributed by atoms with E-state index < -0.39 is 7.67 Å². The zero-order valence-corrected chi connectivity index (χ0v) is 6.75. The van der Waals surface area contributed by atoms with Crippen molar-refractivity contribution in [3.05, 3.63) is 0 Å². The Bertz CT molecular complexity index is 117. The molecule has 1 atom stereocenters. The van der Waals surface area contributed by atoms with Gasteiger partial charge in [-0.3, -0.25) is 4.57 Å². The van der Waals surface area contributed by atoms with Crippen LogP contribution in [0.3, 0.4) is 0 Å². The van der Waals surface area contributed by atoms with Crippen LogP contribution in [0.25, 0.3) is 0 Å². The maximum absolute atomic E-state index is 10.3. The fourth-order valence-corrected chi connectivity index (χ4v) is 0.842. The fourth-order valence-electron chi connectivity index (χ4n) is 0.0312. The molecule has 2 N–H and O–H groups in total. The van der Waals surface area contributed by atoms with E-state index in [1.54, 1.807) is 4.61 Å². The Kier molecular flexibility index (Phi) is 3.69. The Morgan fingerprint density at radius 1 is 1.88 bits per heavy atom. The van der Waals surface area contributed by atoms with E-state index in [0.29, 0.717) is 0 Å². The van der Waals surface area contributed by atoms with Crippen LogP contribution < -0.4 is 4.61 Å². The van der Waals surface area contributed by atoms with Gasteiger partial charge in [0.05, 0.1) is 0 Å². The molecule has 0 rings (SSSR count). The number of rotatable bonds is 2. The molecule has 0 fully saturated rings. The third kappa shape index (κ3) is 2.55. The molecule has 8 heteroatoms. The average Bonchev–Trinajstić information content (AvgIpc) is 1.67. The second kappa shape index (κ2) is 3.27. The van der Waals surface area contributed by atoms with Crippen LogP contribution in [0.15, 0.2) is 0 Å². The van der Waals surface area contributed by atoms with Crippen molar-refractivity contribution in [1.82, 2.24) is 8.20 Å². The topological polar surface area (TPSA) is 52.6 Å². The zero-order chi connectivity index (χ0) is 6.78. The van der Waals surface area contributed by atoms with Gasteiger partial charge in [0.15, 0.2) is 0 Å². The minimum Gasteiger partial charge on any atom is -0.320 e. The first-order valence-corrected chi connectivity index (χ1v) is 4.09. The molecule has 0 spiro atoms. The quantitative estimate of drug-likeness (QED) is 0.353. The van der Waals surface area contributed by atoms with Crippen LogP contribution >= 0.6 is 44.0 Å². The highest BCUT2D eigenvalue weighted by atomic mass is 35.5. The molecular weight excluding hydrogens is 194 g/mol. The van der Waals surface area contributed by atoms with E-state index in [-0.39, 0.29) is 3.59 Å². The summed E-state index contributed by atoms with van der Waals surface area (Å²) >= 11 is 13.0. The molecule has 0 saturated heterocycles. The van der Waals surface area contributed by atoms with Crippen molar-refractivity contribution in [2.24, 2.45) is 0 Å². The maximum Gasteiger partial charge on any atom is 0.378 e. The Morgan fingerprint density at radius 3 is 2.25 bits per heavy atom. The predicted octanol–water partition coefficient (Wildman–Crippen LogP) is 1.13. The lowest BCUT2D eigenvalue weighted by molar-refractivity contribution is 0.456. The van der Waals surface area contributed by atoms with Crippen molar-refractivity contribution in [1.29, 1.82) is 0 Å². The van der Waals surface area contributed by atoms with Gasteiger partial charge in [0.1, 0.15) is 0 Å². The second-order valence-corrected chi connectivity index (χ2v) is 4.56. The molecule has 1 unspecified atom stereocenters. The summed E-state index contributed by atoms with van der Waals surface area (Å²) in [4.78, 5) is 8.43. The molecule has 8 heavy (non-hydrogen) atoms. The van der Waals surface area contributed by atoms with Gasteiger partial charge in [0.25, 0.3) is 0 Å². The standard InChI is InChI=1S/Cl2H3N2O2PS/c1-3-7(5,6)4(2)8/h8H,(H2,3,5,6). The van der Waals surface area contributed by atoms with Crippen molar-refractivity contribution in [2.75, 3.05) is 0 Å². The third-order valence-electron chi connectivity index (χ3n) is 0.334. The zero-order valence-electron chi connectivity index (χ0n) is 3.45. The first kappa shape index (κ1) is 9.04. The van der Waals surface area contributed by atoms with Gasteiger partial charge >= 0.3 is 7.67 Å². The molecule has 0 aromatic carbocycles. The largest absolute Gasteiger partial charge is 0.378 e. The SMILES string of the molecule is O=P(O)(NCl)N(S)Cl. The Hall–Kier alpha value is 1.04. The predicted molar refractivity (Wildman–Crippen MR) is 35.5 cm³/mol. The van der Waals surface area contributed by atoms with Crippen molar-refractivity contribution in [3.8, 4) is 0 Å². The smallest absolute Gasteiger partial charge is 0.320 e. The van der Waals surface area contributed by atoms with Gasteiger partial charge in [0.2, 0.25) is 0 Å². The highest BCUT2D eigenvalue weighted by Crippen LogP contribution is 2.44. The van der Waals surface area contributed by atoms with Gasteiger partial charge in [-0.05, 0) is 23.6 Å². The van der Waals surface area contributed by atoms with E-state index in [1.165, 1.54) is 0 Å². The van der Waals surface area contributed by atoms with Crippen molar-refractivity contribution >= 4 is 44.0 Å². The van der Waals surface area contributed by atoms with E-state index in [1.807, 2.05) is 0 Å². The Balaban J connectivity index is 3.93. The fraction of sp³-hybridized carbons (Fsp3) is 0. The molecule has 0 aliphatic carbocycles. The number of nitrogens with zero attached hydrogens (tertiary/aromatic N) is 1. The van der Waals surface area contributed by atoms with Gasteiger partial charge in [-0.25, -0.2) is 0 Å². The van der Waals surface area contributed by atoms with Crippen LogP contribution in [-0.4, -0.2) is 8.49 Å². The van der Waals surface area contributed by atoms with Crippen LogP contribution in [0.4, 0.5) is 0 Å². The highest BCUT2D eigenvalue weighted by Gasteiger charge is 2.22. The molecule has 0 saturated carbocycles. The normalized spacial score (nSPS) is 18.6. The summed E-state index contributed by atoms with van der Waals surface area (Å²) in [5.41, 5.74) is 0. The number of nitrogens with one attached hydrogen (secondary N) is 1. The molecule has 0 heterocycles. The van der Waals surface area contributed by atoms with Gasteiger partial charge < -0.3 is 4.89 Å². The first-order chi connectivity index (χ1) is 3.50. The summed E-state index contributed by atoms with van der Waals surface area (Å²) in [6.45, 7) is 0. The van der Waals surface area contributed by atoms with E-state index in [9.17, 15) is 4.57 Å². The molecule has 0 aliphatic rings. The van der Waals surface area contributed by atoms with Gasteiger partial charge in [-0.15, -0.1) is 4.61 Å². The molecule has 4 nitrogen and oxygen atoms in total. The van der Waals surface area contributed by atoms with E-state index in [4.69, 9.17) is 28.4 Å². The summed E-state index contributed by atoms with van der Waals surface area (Å²) < 4.78 is 12.1. The Morgan fingerprint density at radius 2 is 2.25 bits per heavy atom. The Labute approximate surface area is 62.1 Å². The molecule has 0 bridgehead atoms.